The number of halogens is 2. The van der Waals surface area contributed by atoms with Gasteiger partial charge in [0.2, 0.25) is 0 Å². The van der Waals surface area contributed by atoms with Crippen LogP contribution in [0.2, 0.25) is 0 Å². The molecule has 1 N–H and O–H groups in total. The average Bonchev–Trinajstić information content (AvgIpc) is 2.24. The number of fused-ring (bicyclic) bond motifs is 1. The molecule has 0 saturated heterocycles. The van der Waals surface area contributed by atoms with E-state index in [0.717, 1.165) is 22.3 Å². The normalized spacial score (nSPS) is 10.8. The number of hydrogen-bond donors (Lipinski definition) is 1. The molecule has 0 spiro atoms. The Labute approximate surface area is 102 Å². The lowest BCUT2D eigenvalue weighted by atomic mass is 10.1. The number of rotatable bonds is 1. The third-order valence-electron chi connectivity index (χ3n) is 2.76. The first kappa shape index (κ1) is 11.3. The third kappa shape index (κ3) is 1.67. The van der Waals surface area contributed by atoms with Crippen molar-refractivity contribution in [2.24, 2.45) is 0 Å². The van der Waals surface area contributed by atoms with Gasteiger partial charge >= 0.3 is 0 Å². The molecule has 0 saturated carbocycles. The fourth-order valence-electron chi connectivity index (χ4n) is 1.80. The molecule has 0 amide bonds. The summed E-state index contributed by atoms with van der Waals surface area (Å²) in [5.74, 6) is -0.287. The lowest BCUT2D eigenvalue weighted by molar-refractivity contribution is 0.623. The minimum atomic E-state index is -0.287. The van der Waals surface area contributed by atoms with Crippen molar-refractivity contribution in [1.82, 2.24) is 4.98 Å². The molecule has 84 valence electrons. The van der Waals surface area contributed by atoms with Crippen LogP contribution in [0, 0.1) is 19.7 Å². The summed E-state index contributed by atoms with van der Waals surface area (Å²) in [4.78, 5) is 4.38. The fraction of sp³-hybridized carbons (Fsp3) is 0.250. The van der Waals surface area contributed by atoms with Crippen molar-refractivity contribution in [2.75, 3.05) is 12.4 Å². The molecule has 0 fully saturated rings. The van der Waals surface area contributed by atoms with Crippen LogP contribution in [0.25, 0.3) is 10.9 Å². The van der Waals surface area contributed by atoms with Crippen molar-refractivity contribution in [1.29, 1.82) is 0 Å². The number of pyridine rings is 1. The van der Waals surface area contributed by atoms with Crippen molar-refractivity contribution in [3.05, 3.63) is 33.7 Å². The molecule has 1 aromatic heterocycles. The average molecular weight is 283 g/mol. The Kier molecular flexibility index (Phi) is 2.84. The van der Waals surface area contributed by atoms with Gasteiger partial charge in [0, 0.05) is 29.9 Å². The van der Waals surface area contributed by atoms with E-state index in [1.807, 2.05) is 20.9 Å². The Morgan fingerprint density at radius 2 is 2.00 bits per heavy atom. The molecule has 0 aliphatic heterocycles. The zero-order valence-corrected chi connectivity index (χ0v) is 10.9. The van der Waals surface area contributed by atoms with Crippen LogP contribution >= 0.6 is 15.9 Å². The maximum Gasteiger partial charge on any atom is 0.139 e. The highest BCUT2D eigenvalue weighted by atomic mass is 79.9. The van der Waals surface area contributed by atoms with E-state index in [9.17, 15) is 4.39 Å². The van der Waals surface area contributed by atoms with Gasteiger partial charge in [-0.05, 0) is 41.4 Å². The van der Waals surface area contributed by atoms with E-state index in [1.54, 1.807) is 6.07 Å². The molecule has 0 aliphatic rings. The number of anilines is 1. The summed E-state index contributed by atoms with van der Waals surface area (Å²) in [5, 5.41) is 4.07. The number of nitrogens with zero attached hydrogens (tertiary/aromatic N) is 1. The van der Waals surface area contributed by atoms with Crippen LogP contribution in [0.15, 0.2) is 16.6 Å². The molecule has 2 aromatic rings. The SMILES string of the molecule is CNc1c(C)c(C)nc2cc(F)c(Br)cc12. The summed E-state index contributed by atoms with van der Waals surface area (Å²) >= 11 is 3.19. The van der Waals surface area contributed by atoms with E-state index < -0.39 is 0 Å². The largest absolute Gasteiger partial charge is 0.387 e. The smallest absolute Gasteiger partial charge is 0.139 e. The Balaban J connectivity index is 2.91. The van der Waals surface area contributed by atoms with Gasteiger partial charge in [-0.3, -0.25) is 4.98 Å². The molecule has 2 nitrogen and oxygen atoms in total. The molecule has 0 aliphatic carbocycles. The predicted octanol–water partition coefficient (Wildman–Crippen LogP) is 3.79. The standard InChI is InChI=1S/C12H12BrFN2/c1-6-7(2)16-11-5-10(14)9(13)4-8(11)12(6)15-3/h4-5H,1-3H3,(H,15,16). The molecular formula is C12H12BrFN2. The van der Waals surface area contributed by atoms with Crippen LogP contribution < -0.4 is 5.32 Å². The van der Waals surface area contributed by atoms with Crippen molar-refractivity contribution in [3.63, 3.8) is 0 Å². The molecule has 1 aromatic carbocycles. The number of aromatic nitrogens is 1. The highest BCUT2D eigenvalue weighted by molar-refractivity contribution is 9.10. The van der Waals surface area contributed by atoms with Gasteiger partial charge in [0.25, 0.3) is 0 Å². The fourth-order valence-corrected chi connectivity index (χ4v) is 2.14. The van der Waals surface area contributed by atoms with E-state index in [1.165, 1.54) is 6.07 Å². The van der Waals surface area contributed by atoms with Gasteiger partial charge in [0.1, 0.15) is 5.82 Å². The molecule has 0 unspecified atom stereocenters. The van der Waals surface area contributed by atoms with Crippen molar-refractivity contribution < 1.29 is 4.39 Å². The van der Waals surface area contributed by atoms with Gasteiger partial charge in [-0.2, -0.15) is 0 Å². The Morgan fingerprint density at radius 1 is 1.31 bits per heavy atom. The molecule has 16 heavy (non-hydrogen) atoms. The monoisotopic (exact) mass is 282 g/mol. The first-order chi connectivity index (χ1) is 7.54. The van der Waals surface area contributed by atoms with E-state index in [-0.39, 0.29) is 5.82 Å². The maximum absolute atomic E-state index is 13.4. The summed E-state index contributed by atoms with van der Waals surface area (Å²) in [6, 6.07) is 3.21. The number of nitrogens with one attached hydrogen (secondary N) is 1. The second kappa shape index (κ2) is 4.01. The second-order valence-corrected chi connectivity index (χ2v) is 4.59. The van der Waals surface area contributed by atoms with Crippen LogP contribution in [-0.4, -0.2) is 12.0 Å². The Bertz CT molecular complexity index is 561. The Hall–Kier alpha value is -1.16. The first-order valence-electron chi connectivity index (χ1n) is 4.98. The van der Waals surface area contributed by atoms with E-state index in [0.29, 0.717) is 9.99 Å². The van der Waals surface area contributed by atoms with Crippen LogP contribution in [0.3, 0.4) is 0 Å². The topological polar surface area (TPSA) is 24.9 Å². The van der Waals surface area contributed by atoms with Gasteiger partial charge < -0.3 is 5.32 Å². The minimum absolute atomic E-state index is 0.287. The molecular weight excluding hydrogens is 271 g/mol. The van der Waals surface area contributed by atoms with Crippen molar-refractivity contribution in [2.45, 2.75) is 13.8 Å². The van der Waals surface area contributed by atoms with Gasteiger partial charge in [-0.25, -0.2) is 4.39 Å². The van der Waals surface area contributed by atoms with Gasteiger partial charge in [-0.15, -0.1) is 0 Å². The highest BCUT2D eigenvalue weighted by Crippen LogP contribution is 2.31. The van der Waals surface area contributed by atoms with Gasteiger partial charge in [-0.1, -0.05) is 0 Å². The van der Waals surface area contributed by atoms with Crippen LogP contribution in [-0.2, 0) is 0 Å². The quantitative estimate of drug-likeness (QED) is 0.861. The molecule has 4 heteroatoms. The second-order valence-electron chi connectivity index (χ2n) is 3.73. The number of benzene rings is 1. The zero-order chi connectivity index (χ0) is 11.9. The third-order valence-corrected chi connectivity index (χ3v) is 3.37. The summed E-state index contributed by atoms with van der Waals surface area (Å²) < 4.78 is 13.9. The molecule has 2 rings (SSSR count). The lowest BCUT2D eigenvalue weighted by Crippen LogP contribution is -1.99. The minimum Gasteiger partial charge on any atom is -0.387 e. The zero-order valence-electron chi connectivity index (χ0n) is 9.36. The summed E-state index contributed by atoms with van der Waals surface area (Å²) in [6.07, 6.45) is 0. The van der Waals surface area contributed by atoms with E-state index >= 15 is 0 Å². The van der Waals surface area contributed by atoms with E-state index in [4.69, 9.17) is 0 Å². The lowest BCUT2D eigenvalue weighted by Gasteiger charge is -2.12. The summed E-state index contributed by atoms with van der Waals surface area (Å²) in [6.45, 7) is 3.93. The highest BCUT2D eigenvalue weighted by Gasteiger charge is 2.10. The van der Waals surface area contributed by atoms with Crippen LogP contribution in [0.4, 0.5) is 10.1 Å². The summed E-state index contributed by atoms with van der Waals surface area (Å²) in [5.41, 5.74) is 3.68. The number of hydrogen-bond acceptors (Lipinski definition) is 2. The number of aryl methyl sites for hydroxylation is 1. The predicted molar refractivity (Wildman–Crippen MR) is 68.4 cm³/mol. The van der Waals surface area contributed by atoms with Crippen LogP contribution in [0.5, 0.6) is 0 Å². The van der Waals surface area contributed by atoms with E-state index in [2.05, 4.69) is 26.2 Å². The van der Waals surface area contributed by atoms with Gasteiger partial charge in [0.15, 0.2) is 0 Å². The maximum atomic E-state index is 13.4. The molecule has 1 heterocycles. The first-order valence-corrected chi connectivity index (χ1v) is 5.77. The molecule has 0 atom stereocenters. The van der Waals surface area contributed by atoms with Crippen LogP contribution in [0.1, 0.15) is 11.3 Å². The summed E-state index contributed by atoms with van der Waals surface area (Å²) in [7, 11) is 1.86. The van der Waals surface area contributed by atoms with Crippen molar-refractivity contribution in [3.8, 4) is 0 Å². The van der Waals surface area contributed by atoms with Crippen molar-refractivity contribution >= 4 is 32.5 Å². The molecule has 0 bridgehead atoms. The molecule has 0 radical (unpaired) electrons. The van der Waals surface area contributed by atoms with Gasteiger partial charge in [0.05, 0.1) is 9.99 Å². The Morgan fingerprint density at radius 3 is 2.62 bits per heavy atom.